The lowest BCUT2D eigenvalue weighted by atomic mass is 10.0. The van der Waals surface area contributed by atoms with Crippen molar-refractivity contribution >= 4 is 34.1 Å². The maximum absolute atomic E-state index is 13.1. The second kappa shape index (κ2) is 8.19. The molecule has 9 nitrogen and oxygen atoms in total. The Hall–Kier alpha value is -4.53. The minimum Gasteiger partial charge on any atom is -0.298 e. The zero-order chi connectivity index (χ0) is 22.9. The van der Waals surface area contributed by atoms with E-state index < -0.39 is 11.2 Å². The number of rotatable bonds is 5. The Morgan fingerprint density at radius 1 is 0.970 bits per heavy atom. The highest BCUT2D eigenvalue weighted by Gasteiger charge is 2.19. The standard InChI is InChI=1S/C24H21N7O2/c1-29-21-20(22(32)30(2)24(29)33)31(15-18-8-5-7-17-6-3-4-9-19(17)18)23(27-21)28-26-14-16-10-12-25-13-11-16/h3-14H,15H2,1-2H3,(H,27,28). The largest absolute Gasteiger partial charge is 0.332 e. The number of pyridine rings is 1. The molecule has 0 aliphatic carbocycles. The van der Waals surface area contributed by atoms with Crippen LogP contribution in [0.25, 0.3) is 21.9 Å². The summed E-state index contributed by atoms with van der Waals surface area (Å²) in [7, 11) is 3.07. The highest BCUT2D eigenvalue weighted by molar-refractivity contribution is 5.86. The van der Waals surface area contributed by atoms with Gasteiger partial charge in [-0.1, -0.05) is 42.5 Å². The van der Waals surface area contributed by atoms with Crippen LogP contribution in [0.3, 0.4) is 0 Å². The Balaban J connectivity index is 1.67. The number of aromatic nitrogens is 5. The molecule has 0 saturated carbocycles. The Labute approximate surface area is 188 Å². The fraction of sp³-hybridized carbons (Fsp3) is 0.125. The molecule has 0 bridgehead atoms. The summed E-state index contributed by atoms with van der Waals surface area (Å²) in [6.45, 7) is 0.373. The van der Waals surface area contributed by atoms with Gasteiger partial charge in [0.15, 0.2) is 11.2 Å². The third kappa shape index (κ3) is 3.59. The summed E-state index contributed by atoms with van der Waals surface area (Å²) in [6.07, 6.45) is 4.99. The molecule has 2 aromatic carbocycles. The van der Waals surface area contributed by atoms with Crippen LogP contribution in [0.15, 0.2) is 81.7 Å². The molecule has 0 aliphatic heterocycles. The lowest BCUT2D eigenvalue weighted by molar-refractivity contribution is 0.703. The topological polar surface area (TPSA) is 99.1 Å². The van der Waals surface area contributed by atoms with Gasteiger partial charge in [-0.25, -0.2) is 10.2 Å². The van der Waals surface area contributed by atoms with Gasteiger partial charge in [0.1, 0.15) is 0 Å². The number of nitrogens with zero attached hydrogens (tertiary/aromatic N) is 6. The number of benzene rings is 2. The second-order valence-electron chi connectivity index (χ2n) is 7.69. The van der Waals surface area contributed by atoms with E-state index in [1.54, 1.807) is 30.2 Å². The van der Waals surface area contributed by atoms with Crippen LogP contribution in [0.1, 0.15) is 11.1 Å². The molecule has 9 heteroatoms. The summed E-state index contributed by atoms with van der Waals surface area (Å²) in [5.41, 5.74) is 4.61. The Bertz CT molecular complexity index is 1620. The van der Waals surface area contributed by atoms with E-state index >= 15 is 0 Å². The van der Waals surface area contributed by atoms with Crippen molar-refractivity contribution in [2.75, 3.05) is 5.43 Å². The van der Waals surface area contributed by atoms with E-state index in [2.05, 4.69) is 20.5 Å². The van der Waals surface area contributed by atoms with Crippen molar-refractivity contribution in [1.29, 1.82) is 0 Å². The molecule has 0 aliphatic rings. The van der Waals surface area contributed by atoms with Gasteiger partial charge < -0.3 is 0 Å². The third-order valence-electron chi connectivity index (χ3n) is 5.64. The summed E-state index contributed by atoms with van der Waals surface area (Å²) < 4.78 is 4.23. The fourth-order valence-electron chi connectivity index (χ4n) is 3.90. The van der Waals surface area contributed by atoms with Gasteiger partial charge in [0, 0.05) is 26.5 Å². The van der Waals surface area contributed by atoms with E-state index in [0.29, 0.717) is 23.7 Å². The van der Waals surface area contributed by atoms with Crippen molar-refractivity contribution in [2.45, 2.75) is 6.54 Å². The molecule has 0 radical (unpaired) electrons. The fourth-order valence-corrected chi connectivity index (χ4v) is 3.90. The minimum atomic E-state index is -0.436. The van der Waals surface area contributed by atoms with E-state index in [4.69, 9.17) is 0 Å². The first-order valence-electron chi connectivity index (χ1n) is 10.4. The van der Waals surface area contributed by atoms with Gasteiger partial charge in [0.05, 0.1) is 12.8 Å². The van der Waals surface area contributed by atoms with Gasteiger partial charge in [-0.3, -0.25) is 23.5 Å². The molecule has 0 unspecified atom stereocenters. The molecule has 0 atom stereocenters. The number of hydrogen-bond donors (Lipinski definition) is 1. The molecular weight excluding hydrogens is 418 g/mol. The number of fused-ring (bicyclic) bond motifs is 2. The van der Waals surface area contributed by atoms with Crippen LogP contribution in [0.2, 0.25) is 0 Å². The summed E-state index contributed by atoms with van der Waals surface area (Å²) in [6, 6.07) is 17.8. The highest BCUT2D eigenvalue weighted by atomic mass is 16.2. The van der Waals surface area contributed by atoms with Gasteiger partial charge in [0.25, 0.3) is 5.56 Å². The van der Waals surface area contributed by atoms with Crippen LogP contribution in [0.4, 0.5) is 5.95 Å². The quantitative estimate of drug-likeness (QED) is 0.335. The first kappa shape index (κ1) is 20.4. The van der Waals surface area contributed by atoms with Crippen molar-refractivity contribution in [3.8, 4) is 0 Å². The molecule has 0 saturated heterocycles. The molecule has 0 spiro atoms. The van der Waals surface area contributed by atoms with Crippen molar-refractivity contribution in [2.24, 2.45) is 19.2 Å². The van der Waals surface area contributed by atoms with E-state index in [1.807, 2.05) is 54.6 Å². The lowest BCUT2D eigenvalue weighted by Crippen LogP contribution is -2.37. The summed E-state index contributed by atoms with van der Waals surface area (Å²) in [4.78, 5) is 34.1. The minimum absolute atomic E-state index is 0.296. The van der Waals surface area contributed by atoms with Crippen LogP contribution >= 0.6 is 0 Å². The molecule has 5 rings (SSSR count). The van der Waals surface area contributed by atoms with Gasteiger partial charge in [-0.2, -0.15) is 10.1 Å². The molecule has 3 heterocycles. The average Bonchev–Trinajstić information content (AvgIpc) is 3.20. The van der Waals surface area contributed by atoms with Crippen LogP contribution in [-0.4, -0.2) is 29.9 Å². The Morgan fingerprint density at radius 2 is 1.73 bits per heavy atom. The summed E-state index contributed by atoms with van der Waals surface area (Å²) in [5, 5.41) is 6.47. The van der Waals surface area contributed by atoms with Crippen molar-refractivity contribution in [1.82, 2.24) is 23.7 Å². The first-order valence-corrected chi connectivity index (χ1v) is 10.4. The average molecular weight is 439 g/mol. The zero-order valence-electron chi connectivity index (χ0n) is 18.1. The van der Waals surface area contributed by atoms with Crippen molar-refractivity contribution < 1.29 is 0 Å². The van der Waals surface area contributed by atoms with E-state index in [9.17, 15) is 9.59 Å². The van der Waals surface area contributed by atoms with E-state index in [0.717, 1.165) is 26.5 Å². The van der Waals surface area contributed by atoms with Crippen LogP contribution < -0.4 is 16.7 Å². The van der Waals surface area contributed by atoms with Crippen LogP contribution in [0, 0.1) is 0 Å². The molecule has 0 fully saturated rings. The highest BCUT2D eigenvalue weighted by Crippen LogP contribution is 2.23. The first-order chi connectivity index (χ1) is 16.0. The number of aryl methyl sites for hydroxylation is 1. The summed E-state index contributed by atoms with van der Waals surface area (Å²) in [5.74, 6) is 0.363. The molecule has 164 valence electrons. The van der Waals surface area contributed by atoms with Crippen LogP contribution in [0.5, 0.6) is 0 Å². The number of hydrazone groups is 1. The molecule has 0 amide bonds. The monoisotopic (exact) mass is 439 g/mol. The lowest BCUT2D eigenvalue weighted by Gasteiger charge is -2.11. The number of imidazole rings is 1. The van der Waals surface area contributed by atoms with E-state index in [1.165, 1.54) is 11.6 Å². The smallest absolute Gasteiger partial charge is 0.298 e. The Morgan fingerprint density at radius 3 is 2.55 bits per heavy atom. The maximum atomic E-state index is 13.1. The predicted octanol–water partition coefficient (Wildman–Crippen LogP) is 2.48. The maximum Gasteiger partial charge on any atom is 0.332 e. The van der Waals surface area contributed by atoms with E-state index in [-0.39, 0.29) is 0 Å². The normalized spacial score (nSPS) is 11.6. The van der Waals surface area contributed by atoms with Crippen molar-refractivity contribution in [3.05, 3.63) is 99.0 Å². The van der Waals surface area contributed by atoms with Crippen molar-refractivity contribution in [3.63, 3.8) is 0 Å². The van der Waals surface area contributed by atoms with Gasteiger partial charge >= 0.3 is 5.69 Å². The number of nitrogens with one attached hydrogen (secondary N) is 1. The molecule has 1 N–H and O–H groups in total. The van der Waals surface area contributed by atoms with Gasteiger partial charge in [-0.15, -0.1) is 0 Å². The summed E-state index contributed by atoms with van der Waals surface area (Å²) >= 11 is 0. The molecule has 3 aromatic heterocycles. The number of hydrogen-bond acceptors (Lipinski definition) is 6. The SMILES string of the molecule is Cn1c(=O)c2c(nc(NN=Cc3ccncc3)n2Cc2cccc3ccccc23)n(C)c1=O. The number of anilines is 1. The Kier molecular flexibility index (Phi) is 5.06. The molecule has 5 aromatic rings. The van der Waals surface area contributed by atoms with Crippen LogP contribution in [-0.2, 0) is 20.6 Å². The third-order valence-corrected chi connectivity index (χ3v) is 5.64. The van der Waals surface area contributed by atoms with Gasteiger partial charge in [-0.05, 0) is 34.0 Å². The predicted molar refractivity (Wildman–Crippen MR) is 129 cm³/mol. The molecular formula is C24H21N7O2. The molecule has 33 heavy (non-hydrogen) atoms. The van der Waals surface area contributed by atoms with Gasteiger partial charge in [0.2, 0.25) is 5.95 Å². The zero-order valence-corrected chi connectivity index (χ0v) is 18.1. The second-order valence-corrected chi connectivity index (χ2v) is 7.69.